The minimum atomic E-state index is -2.91. The number of piperidine rings is 3. The highest BCUT2D eigenvalue weighted by Gasteiger charge is 2.40. The van der Waals surface area contributed by atoms with Gasteiger partial charge in [-0.05, 0) is 136 Å². The number of nitrogens with zero attached hydrogens (tertiary/aromatic N) is 6. The van der Waals surface area contributed by atoms with E-state index >= 15 is 4.39 Å². The van der Waals surface area contributed by atoms with Crippen LogP contribution in [0.4, 0.5) is 43.3 Å². The number of amides is 2. The molecule has 4 saturated heterocycles. The Labute approximate surface area is 386 Å². The summed E-state index contributed by atoms with van der Waals surface area (Å²) in [4.78, 5) is 44.8. The lowest BCUT2D eigenvalue weighted by molar-refractivity contribution is -0.134. The number of aromatic nitrogens is 3. The highest BCUT2D eigenvalue weighted by Crippen LogP contribution is 2.45. The summed E-state index contributed by atoms with van der Waals surface area (Å²) in [6, 6.07) is 14.3. The first-order valence-electron chi connectivity index (χ1n) is 22.3. The predicted molar refractivity (Wildman–Crippen MR) is 256 cm³/mol. The number of fused-ring (bicyclic) bond motifs is 1. The van der Waals surface area contributed by atoms with Crippen molar-refractivity contribution in [3.63, 3.8) is 0 Å². The second kappa shape index (κ2) is 17.9. The van der Waals surface area contributed by atoms with Crippen molar-refractivity contribution in [2.75, 3.05) is 86.7 Å². The van der Waals surface area contributed by atoms with Gasteiger partial charge in [0.15, 0.2) is 0 Å². The van der Waals surface area contributed by atoms with Gasteiger partial charge in [-0.2, -0.15) is 4.98 Å². The summed E-state index contributed by atoms with van der Waals surface area (Å²) in [6.45, 7) is 14.0. The number of halogens is 3. The van der Waals surface area contributed by atoms with Crippen LogP contribution in [-0.4, -0.2) is 97.9 Å². The van der Waals surface area contributed by atoms with E-state index in [1.54, 1.807) is 51.8 Å². The fourth-order valence-electron chi connectivity index (χ4n) is 10.2. The Balaban J connectivity index is 0.789. The van der Waals surface area contributed by atoms with Gasteiger partial charge in [0.1, 0.15) is 30.3 Å². The highest BCUT2D eigenvalue weighted by molar-refractivity contribution is 9.10. The molecule has 0 radical (unpaired) electrons. The van der Waals surface area contributed by atoms with Crippen molar-refractivity contribution in [3.05, 3.63) is 87.7 Å². The number of pyridine rings is 1. The van der Waals surface area contributed by atoms with Gasteiger partial charge in [-0.15, -0.1) is 0 Å². The standard InChI is InChI=1S/C48H55BrF2N9O4P/c1-28-20-40(55-47-52-24-35(49)45(57-47)54-39-10-9-38-34(44(39)65(4,5)63)22-36(50)29(2)53-38)42(64-3)23-41(28)59-18-14-48(15-19-59)12-16-58(17-13-48)25-30-26-60(27-30)31-6-7-32(37(51)21-31)33-8-11-43(61)56-46(33)62/h6-7,9-10,20-24,30,33H,8,11-19,25-27H2,1-5H3,(H,56,61,62)(H2,52,54,55,57). The van der Waals surface area contributed by atoms with Gasteiger partial charge >= 0.3 is 0 Å². The van der Waals surface area contributed by atoms with Gasteiger partial charge < -0.3 is 34.6 Å². The number of methoxy groups -OCH3 is 1. The van der Waals surface area contributed by atoms with Crippen molar-refractivity contribution in [2.24, 2.45) is 11.3 Å². The molecule has 3 aromatic carbocycles. The van der Waals surface area contributed by atoms with E-state index in [1.165, 1.54) is 25.0 Å². The fraction of sp³-hybridized carbons (Fsp3) is 0.438. The van der Waals surface area contributed by atoms with Crippen LogP contribution < -0.4 is 35.8 Å². The minimum absolute atomic E-state index is 0.227. The lowest BCUT2D eigenvalue weighted by Gasteiger charge is -2.49. The Morgan fingerprint density at radius 1 is 0.908 bits per heavy atom. The van der Waals surface area contributed by atoms with Crippen molar-refractivity contribution in [1.29, 1.82) is 0 Å². The minimum Gasteiger partial charge on any atom is -0.494 e. The lowest BCUT2D eigenvalue weighted by Crippen LogP contribution is -2.54. The van der Waals surface area contributed by atoms with Crippen LogP contribution in [0.3, 0.4) is 0 Å². The third-order valence-electron chi connectivity index (χ3n) is 13.9. The van der Waals surface area contributed by atoms with Gasteiger partial charge in [0, 0.05) is 85.0 Å². The molecule has 13 nitrogen and oxygen atoms in total. The smallest absolute Gasteiger partial charge is 0.234 e. The van der Waals surface area contributed by atoms with Gasteiger partial charge in [-0.3, -0.25) is 19.9 Å². The number of rotatable bonds is 11. The van der Waals surface area contributed by atoms with E-state index in [2.05, 4.69) is 75.6 Å². The number of nitrogens with one attached hydrogen (secondary N) is 3. The molecule has 0 bridgehead atoms. The van der Waals surface area contributed by atoms with E-state index in [4.69, 9.17) is 9.72 Å². The van der Waals surface area contributed by atoms with E-state index in [1.807, 2.05) is 6.07 Å². The van der Waals surface area contributed by atoms with E-state index in [-0.39, 0.29) is 23.8 Å². The van der Waals surface area contributed by atoms with E-state index in [0.29, 0.717) is 67.2 Å². The quantitative estimate of drug-likeness (QED) is 0.0860. The van der Waals surface area contributed by atoms with Crippen LogP contribution in [-0.2, 0) is 14.2 Å². The number of anilines is 6. The summed E-state index contributed by atoms with van der Waals surface area (Å²) < 4.78 is 50.0. The SMILES string of the molecule is COc1cc(N2CCC3(CCN(CC4CN(c5ccc(C6CCC(=O)NC6=O)c(F)c5)C4)CC3)CC2)c(C)cc1Nc1ncc(Br)c(Nc2ccc3nc(C)c(F)cc3c2P(C)(C)=O)n1. The summed E-state index contributed by atoms with van der Waals surface area (Å²) in [5.74, 6) is -0.209. The molecule has 6 heterocycles. The number of carbonyl (C=O) groups excluding carboxylic acids is 2. The van der Waals surface area contributed by atoms with Gasteiger partial charge in [-0.25, -0.2) is 13.8 Å². The average Bonchev–Trinajstić information content (AvgIpc) is 3.25. The topological polar surface area (TPSA) is 145 Å². The lowest BCUT2D eigenvalue weighted by atomic mass is 9.71. The summed E-state index contributed by atoms with van der Waals surface area (Å²) >= 11 is 3.57. The van der Waals surface area contributed by atoms with Crippen molar-refractivity contribution in [1.82, 2.24) is 25.2 Å². The van der Waals surface area contributed by atoms with Crippen LogP contribution in [0.25, 0.3) is 10.9 Å². The number of aryl methyl sites for hydroxylation is 2. The zero-order valence-corrected chi connectivity index (χ0v) is 39.9. The Kier molecular flexibility index (Phi) is 12.4. The van der Waals surface area contributed by atoms with Crippen LogP contribution in [0.2, 0.25) is 0 Å². The van der Waals surface area contributed by atoms with E-state index in [9.17, 15) is 18.5 Å². The van der Waals surface area contributed by atoms with Gasteiger partial charge in [-0.1, -0.05) is 6.07 Å². The monoisotopic (exact) mass is 969 g/mol. The number of hydrogen-bond acceptors (Lipinski definition) is 12. The molecular weight excluding hydrogens is 915 g/mol. The van der Waals surface area contributed by atoms with Gasteiger partial charge in [0.25, 0.3) is 0 Å². The van der Waals surface area contributed by atoms with Crippen molar-refractivity contribution < 1.29 is 27.7 Å². The summed E-state index contributed by atoms with van der Waals surface area (Å²) in [7, 11) is -1.25. The van der Waals surface area contributed by atoms with Gasteiger partial charge in [0.05, 0.1) is 40.1 Å². The molecule has 0 saturated carbocycles. The number of carbonyl (C=O) groups is 2. The van der Waals surface area contributed by atoms with Crippen LogP contribution in [0, 0.1) is 36.8 Å². The molecule has 4 aliphatic rings. The van der Waals surface area contributed by atoms with E-state index in [0.717, 1.165) is 81.3 Å². The molecule has 2 amide bonds. The molecule has 65 heavy (non-hydrogen) atoms. The molecule has 3 N–H and O–H groups in total. The Bertz CT molecular complexity index is 2730. The molecular formula is C48H55BrF2N9O4P. The third kappa shape index (κ3) is 9.31. The largest absolute Gasteiger partial charge is 0.494 e. The molecule has 4 aliphatic heterocycles. The number of likely N-dealkylation sites (tertiary alicyclic amines) is 1. The molecule has 4 fully saturated rings. The maximum Gasteiger partial charge on any atom is 0.234 e. The van der Waals surface area contributed by atoms with E-state index < -0.39 is 24.8 Å². The summed E-state index contributed by atoms with van der Waals surface area (Å²) in [6.07, 6.45) is 6.85. The maximum atomic E-state index is 15.2. The highest BCUT2D eigenvalue weighted by atomic mass is 79.9. The Morgan fingerprint density at radius 3 is 2.34 bits per heavy atom. The number of hydrogen-bond donors (Lipinski definition) is 3. The fourth-order valence-corrected chi connectivity index (χ4v) is 12.0. The normalized spacial score (nSPS) is 19.4. The molecule has 0 aliphatic carbocycles. The molecule has 1 atom stereocenters. The van der Waals surface area contributed by atoms with Crippen molar-refractivity contribution >= 4 is 85.6 Å². The molecule has 2 aromatic heterocycles. The Hall–Kier alpha value is -5.18. The third-order valence-corrected chi connectivity index (χ3v) is 16.1. The van der Waals surface area contributed by atoms with Crippen molar-refractivity contribution in [3.8, 4) is 5.75 Å². The zero-order chi connectivity index (χ0) is 45.8. The molecule has 5 aromatic rings. The van der Waals surface area contributed by atoms with Gasteiger partial charge in [0.2, 0.25) is 17.8 Å². The van der Waals surface area contributed by atoms with Crippen LogP contribution in [0.1, 0.15) is 61.3 Å². The Morgan fingerprint density at radius 2 is 1.65 bits per heavy atom. The molecule has 9 rings (SSSR count). The predicted octanol–water partition coefficient (Wildman–Crippen LogP) is 8.77. The molecule has 17 heteroatoms. The first-order chi connectivity index (χ1) is 31.1. The number of benzene rings is 3. The number of ether oxygens (including phenoxy) is 1. The molecule has 1 spiro atoms. The molecule has 342 valence electrons. The number of imide groups is 1. The van der Waals surface area contributed by atoms with Crippen LogP contribution in [0.15, 0.2) is 59.2 Å². The van der Waals surface area contributed by atoms with Crippen LogP contribution >= 0.6 is 23.1 Å². The first kappa shape index (κ1) is 45.0. The molecule has 1 unspecified atom stereocenters. The van der Waals surface area contributed by atoms with Crippen molar-refractivity contribution in [2.45, 2.75) is 58.3 Å². The second-order valence-electron chi connectivity index (χ2n) is 18.7. The zero-order valence-electron chi connectivity index (χ0n) is 37.4. The summed E-state index contributed by atoms with van der Waals surface area (Å²) in [5.41, 5.74) is 5.91. The first-order valence-corrected chi connectivity index (χ1v) is 25.7. The summed E-state index contributed by atoms with van der Waals surface area (Å²) in [5, 5.41) is 10.00. The average molecular weight is 971 g/mol. The second-order valence-corrected chi connectivity index (χ2v) is 22.7. The van der Waals surface area contributed by atoms with Crippen LogP contribution in [0.5, 0.6) is 5.75 Å². The maximum absolute atomic E-state index is 15.2.